The van der Waals surface area contributed by atoms with Crippen LogP contribution in [0.1, 0.15) is 23.2 Å². The van der Waals surface area contributed by atoms with E-state index in [-0.39, 0.29) is 24.0 Å². The number of nitrogens with zero attached hydrogens (tertiary/aromatic N) is 2. The number of rotatable bonds is 10. The van der Waals surface area contributed by atoms with Gasteiger partial charge in [0.05, 0.1) is 6.04 Å². The van der Waals surface area contributed by atoms with E-state index in [2.05, 4.69) is 26.3 Å². The number of fused-ring (bicyclic) bond motifs is 1. The molecule has 2 unspecified atom stereocenters. The van der Waals surface area contributed by atoms with Crippen molar-refractivity contribution in [3.63, 3.8) is 0 Å². The second kappa shape index (κ2) is 10.6. The lowest BCUT2D eigenvalue weighted by molar-refractivity contribution is -0.140. The second-order valence-corrected chi connectivity index (χ2v) is 7.76. The monoisotopic (exact) mass is 475 g/mol. The number of carboxylic acid groups (broad SMARTS) is 2. The van der Waals surface area contributed by atoms with E-state index in [0.717, 1.165) is 0 Å². The molecule has 1 aromatic carbocycles. The van der Waals surface area contributed by atoms with Crippen molar-refractivity contribution >= 4 is 41.8 Å². The standard InChI is InChI=1S/C20H25N7O7/c21-20-25-16-15(18(32)26-20)27(9-28)12(8-23-16)7-22-11-3-1-10(2-4-11)17(31)24-13(19(33)34)5-6-14(29)30/h1-4,9,12-13,15-16,22-23H,5-8H2,(H,24,31)(H,29,30)(H,33,34)(H3,21,25,26,32)/t12-,13-,15?,16?/m0/s1. The fraction of sp³-hybridized carbons (Fsp3) is 0.400. The van der Waals surface area contributed by atoms with Crippen molar-refractivity contribution in [3.8, 4) is 0 Å². The van der Waals surface area contributed by atoms with Crippen LogP contribution < -0.4 is 27.0 Å². The molecular formula is C20H25N7O7. The lowest BCUT2D eigenvalue weighted by atomic mass is 10.0. The summed E-state index contributed by atoms with van der Waals surface area (Å²) in [6, 6.07) is 3.64. The van der Waals surface area contributed by atoms with Crippen molar-refractivity contribution in [1.82, 2.24) is 20.9 Å². The summed E-state index contributed by atoms with van der Waals surface area (Å²) >= 11 is 0. The molecule has 2 aliphatic heterocycles. The molecular weight excluding hydrogens is 450 g/mol. The molecule has 0 bridgehead atoms. The summed E-state index contributed by atoms with van der Waals surface area (Å²) in [6.45, 7) is 0.660. The molecule has 8 N–H and O–H groups in total. The molecule has 3 rings (SSSR count). The van der Waals surface area contributed by atoms with E-state index in [9.17, 15) is 29.1 Å². The minimum atomic E-state index is -1.32. The Morgan fingerprint density at radius 2 is 1.97 bits per heavy atom. The number of amides is 3. The molecule has 1 saturated heterocycles. The zero-order chi connectivity index (χ0) is 24.8. The predicted octanol–water partition coefficient (Wildman–Crippen LogP) is -2.28. The second-order valence-electron chi connectivity index (χ2n) is 7.76. The summed E-state index contributed by atoms with van der Waals surface area (Å²) in [4.78, 5) is 63.7. The molecule has 0 aromatic heterocycles. The highest BCUT2D eigenvalue weighted by molar-refractivity contribution is 6.02. The van der Waals surface area contributed by atoms with E-state index in [0.29, 0.717) is 25.2 Å². The van der Waals surface area contributed by atoms with Crippen LogP contribution in [0, 0.1) is 0 Å². The van der Waals surface area contributed by atoms with Gasteiger partial charge in [0.1, 0.15) is 18.2 Å². The van der Waals surface area contributed by atoms with Gasteiger partial charge in [-0.05, 0) is 30.7 Å². The average molecular weight is 475 g/mol. The van der Waals surface area contributed by atoms with Gasteiger partial charge in [0.25, 0.3) is 11.8 Å². The van der Waals surface area contributed by atoms with Gasteiger partial charge in [-0.15, -0.1) is 0 Å². The molecule has 182 valence electrons. The van der Waals surface area contributed by atoms with Crippen molar-refractivity contribution in [2.45, 2.75) is 37.1 Å². The number of hydrogen-bond donors (Lipinski definition) is 7. The van der Waals surface area contributed by atoms with Crippen molar-refractivity contribution in [2.24, 2.45) is 10.7 Å². The van der Waals surface area contributed by atoms with Crippen molar-refractivity contribution in [3.05, 3.63) is 29.8 Å². The Morgan fingerprint density at radius 1 is 1.26 bits per heavy atom. The molecule has 0 saturated carbocycles. The van der Waals surface area contributed by atoms with Crippen LogP contribution >= 0.6 is 0 Å². The van der Waals surface area contributed by atoms with Crippen LogP contribution in [0.5, 0.6) is 0 Å². The Hall–Kier alpha value is -4.20. The maximum absolute atomic E-state index is 12.3. The van der Waals surface area contributed by atoms with E-state index in [1.807, 2.05) is 0 Å². The summed E-state index contributed by atoms with van der Waals surface area (Å²) < 4.78 is 0. The van der Waals surface area contributed by atoms with Crippen LogP contribution in [0.4, 0.5) is 5.69 Å². The van der Waals surface area contributed by atoms with Crippen LogP contribution in [0.15, 0.2) is 29.3 Å². The smallest absolute Gasteiger partial charge is 0.326 e. The Balaban J connectivity index is 1.58. The van der Waals surface area contributed by atoms with Gasteiger partial charge in [0.2, 0.25) is 6.41 Å². The maximum atomic E-state index is 12.3. The van der Waals surface area contributed by atoms with Crippen molar-refractivity contribution in [1.29, 1.82) is 0 Å². The minimum absolute atomic E-state index is 0.0122. The zero-order valence-corrected chi connectivity index (χ0v) is 17.9. The molecule has 3 amide bonds. The number of hydrogen-bond acceptors (Lipinski definition) is 9. The first kappa shape index (κ1) is 24.4. The number of carbonyl (C=O) groups is 5. The third-order valence-electron chi connectivity index (χ3n) is 5.46. The van der Waals surface area contributed by atoms with E-state index < -0.39 is 48.4 Å². The molecule has 14 heteroatoms. The van der Waals surface area contributed by atoms with Gasteiger partial charge in [-0.3, -0.25) is 29.8 Å². The summed E-state index contributed by atoms with van der Waals surface area (Å²) in [5.74, 6) is -3.58. The van der Waals surface area contributed by atoms with Crippen molar-refractivity contribution in [2.75, 3.05) is 18.4 Å². The van der Waals surface area contributed by atoms with E-state index >= 15 is 0 Å². The van der Waals surface area contributed by atoms with Crippen LogP contribution in [-0.4, -0.2) is 88.6 Å². The number of nitrogens with one attached hydrogen (secondary N) is 4. The maximum Gasteiger partial charge on any atom is 0.326 e. The fourth-order valence-corrected chi connectivity index (χ4v) is 3.71. The highest BCUT2D eigenvalue weighted by Crippen LogP contribution is 2.18. The fourth-order valence-electron chi connectivity index (χ4n) is 3.71. The molecule has 2 heterocycles. The molecule has 2 aliphatic rings. The van der Waals surface area contributed by atoms with Gasteiger partial charge in [-0.1, -0.05) is 0 Å². The third kappa shape index (κ3) is 5.78. The van der Waals surface area contributed by atoms with E-state index in [1.54, 1.807) is 12.1 Å². The molecule has 0 aliphatic carbocycles. The van der Waals surface area contributed by atoms with Crippen LogP contribution in [0.3, 0.4) is 0 Å². The minimum Gasteiger partial charge on any atom is -0.481 e. The predicted molar refractivity (Wildman–Crippen MR) is 118 cm³/mol. The lowest BCUT2D eigenvalue weighted by Gasteiger charge is -2.44. The van der Waals surface area contributed by atoms with Crippen LogP contribution in [0.25, 0.3) is 0 Å². The molecule has 1 aromatic rings. The largest absolute Gasteiger partial charge is 0.481 e. The van der Waals surface area contributed by atoms with Gasteiger partial charge < -0.3 is 31.5 Å². The van der Waals surface area contributed by atoms with E-state index in [4.69, 9.17) is 10.8 Å². The van der Waals surface area contributed by atoms with Crippen LogP contribution in [-0.2, 0) is 19.2 Å². The van der Waals surface area contributed by atoms with Gasteiger partial charge >= 0.3 is 11.9 Å². The number of aliphatic carboxylic acids is 2. The quantitative estimate of drug-likeness (QED) is 0.180. The first-order valence-corrected chi connectivity index (χ1v) is 10.4. The van der Waals surface area contributed by atoms with Gasteiger partial charge in [0.15, 0.2) is 5.96 Å². The molecule has 1 fully saturated rings. The molecule has 0 spiro atoms. The Kier molecular flexibility index (Phi) is 7.63. The molecule has 0 radical (unpaired) electrons. The Labute approximate surface area is 193 Å². The molecule has 14 nitrogen and oxygen atoms in total. The third-order valence-corrected chi connectivity index (χ3v) is 5.46. The van der Waals surface area contributed by atoms with Crippen molar-refractivity contribution < 1.29 is 34.2 Å². The number of benzene rings is 1. The normalized spacial score (nSPS) is 22.5. The number of aliphatic imine (C=N–C) groups is 1. The zero-order valence-electron chi connectivity index (χ0n) is 17.9. The van der Waals surface area contributed by atoms with Crippen LogP contribution in [0.2, 0.25) is 0 Å². The Morgan fingerprint density at radius 3 is 2.59 bits per heavy atom. The number of piperazine rings is 1. The number of anilines is 1. The number of guanidine groups is 1. The van der Waals surface area contributed by atoms with E-state index in [1.165, 1.54) is 17.0 Å². The summed E-state index contributed by atoms with van der Waals surface area (Å²) in [5.41, 5.74) is 6.39. The van der Waals surface area contributed by atoms with Gasteiger partial charge in [0, 0.05) is 30.8 Å². The number of nitrogens with two attached hydrogens (primary N) is 1. The topological polar surface area (TPSA) is 216 Å². The molecule has 34 heavy (non-hydrogen) atoms. The van der Waals surface area contributed by atoms with Gasteiger partial charge in [-0.25, -0.2) is 9.79 Å². The first-order valence-electron chi connectivity index (χ1n) is 10.4. The molecule has 4 atom stereocenters. The van der Waals surface area contributed by atoms with Gasteiger partial charge in [-0.2, -0.15) is 0 Å². The summed E-state index contributed by atoms with van der Waals surface area (Å²) in [7, 11) is 0. The lowest BCUT2D eigenvalue weighted by Crippen LogP contribution is -2.70. The SMILES string of the molecule is NC1=NC2NC[C@H](CNc3ccc(C(=O)N[C@@H](CCC(=O)O)C(=O)O)cc3)N(C=O)C2C(=O)N1. The highest BCUT2D eigenvalue weighted by atomic mass is 16.4. The Bertz CT molecular complexity index is 997. The summed E-state index contributed by atoms with van der Waals surface area (Å²) in [6.07, 6.45) is -0.663. The highest BCUT2D eigenvalue weighted by Gasteiger charge is 2.43. The number of carbonyl (C=O) groups excluding carboxylic acids is 3. The summed E-state index contributed by atoms with van der Waals surface area (Å²) in [5, 5.41) is 28.8. The first-order chi connectivity index (χ1) is 16.2. The average Bonchev–Trinajstić information content (AvgIpc) is 2.79. The number of carboxylic acids is 2.